The molecule has 0 bridgehead atoms. The Morgan fingerprint density at radius 2 is 2.19 bits per heavy atom. The van der Waals surface area contributed by atoms with E-state index in [9.17, 15) is 0 Å². The smallest absolute Gasteiger partial charge is 0.204 e. The van der Waals surface area contributed by atoms with Crippen molar-refractivity contribution in [2.24, 2.45) is 0 Å². The van der Waals surface area contributed by atoms with E-state index in [-0.39, 0.29) is 0 Å². The number of hydrogen-bond acceptors (Lipinski definition) is 6. The first-order valence-corrected chi connectivity index (χ1v) is 6.46. The van der Waals surface area contributed by atoms with Crippen LogP contribution in [0.2, 0.25) is 0 Å². The van der Waals surface area contributed by atoms with Crippen molar-refractivity contribution in [3.8, 4) is 11.8 Å². The van der Waals surface area contributed by atoms with Gasteiger partial charge in [0.1, 0.15) is 6.33 Å². The highest BCUT2D eigenvalue weighted by atomic mass is 16.5. The van der Waals surface area contributed by atoms with Crippen LogP contribution in [0.5, 0.6) is 5.75 Å². The lowest BCUT2D eigenvalue weighted by Crippen LogP contribution is -2.19. The molecule has 0 spiro atoms. The topological polar surface area (TPSA) is 74.1 Å². The Hall–Kier alpha value is -2.81. The summed E-state index contributed by atoms with van der Waals surface area (Å²) in [5.41, 5.74) is 1.68. The van der Waals surface area contributed by atoms with Crippen molar-refractivity contribution in [3.63, 3.8) is 0 Å². The van der Waals surface area contributed by atoms with Crippen LogP contribution in [0.25, 0.3) is 0 Å². The second-order valence-electron chi connectivity index (χ2n) is 4.50. The fourth-order valence-corrected chi connectivity index (χ4v) is 2.09. The summed E-state index contributed by atoms with van der Waals surface area (Å²) >= 11 is 0. The number of rotatable bonds is 5. The van der Waals surface area contributed by atoms with E-state index in [2.05, 4.69) is 21.4 Å². The second-order valence-corrected chi connectivity index (χ2v) is 4.50. The molecule has 0 aliphatic rings. The minimum absolute atomic E-state index is 0.596. The van der Waals surface area contributed by atoms with E-state index in [0.717, 1.165) is 5.56 Å². The van der Waals surface area contributed by atoms with Gasteiger partial charge in [0.15, 0.2) is 11.6 Å². The van der Waals surface area contributed by atoms with Crippen molar-refractivity contribution in [2.75, 3.05) is 31.4 Å². The third-order valence-electron chi connectivity index (χ3n) is 3.06. The number of anilines is 2. The van der Waals surface area contributed by atoms with Gasteiger partial charge in [0, 0.05) is 20.6 Å². The first kappa shape index (κ1) is 14.6. The van der Waals surface area contributed by atoms with E-state index in [1.807, 2.05) is 30.1 Å². The molecule has 0 atom stereocenters. The van der Waals surface area contributed by atoms with Crippen LogP contribution in [0.1, 0.15) is 11.1 Å². The molecule has 0 saturated carbocycles. The number of nitrogens with one attached hydrogen (secondary N) is 1. The van der Waals surface area contributed by atoms with Crippen LogP contribution in [0.3, 0.4) is 0 Å². The van der Waals surface area contributed by atoms with E-state index in [1.54, 1.807) is 20.2 Å². The van der Waals surface area contributed by atoms with E-state index >= 15 is 0 Å². The molecule has 1 aromatic carbocycles. The van der Waals surface area contributed by atoms with Gasteiger partial charge in [-0.15, -0.1) is 0 Å². The lowest BCUT2D eigenvalue weighted by molar-refractivity contribution is 0.413. The maximum Gasteiger partial charge on any atom is 0.204 e. The van der Waals surface area contributed by atoms with Gasteiger partial charge in [0.05, 0.1) is 18.7 Å². The van der Waals surface area contributed by atoms with Crippen molar-refractivity contribution in [3.05, 3.63) is 41.7 Å². The van der Waals surface area contributed by atoms with E-state index in [1.165, 1.54) is 6.33 Å². The summed E-state index contributed by atoms with van der Waals surface area (Å²) in [5.74, 6) is 1.93. The Labute approximate surface area is 124 Å². The molecule has 2 aromatic rings. The molecule has 1 heterocycles. The zero-order chi connectivity index (χ0) is 15.2. The fourth-order valence-electron chi connectivity index (χ4n) is 2.09. The molecule has 0 unspecified atom stereocenters. The third-order valence-corrected chi connectivity index (χ3v) is 3.06. The van der Waals surface area contributed by atoms with Gasteiger partial charge >= 0.3 is 0 Å². The van der Waals surface area contributed by atoms with Crippen LogP contribution in [0.15, 0.2) is 30.6 Å². The number of benzene rings is 1. The van der Waals surface area contributed by atoms with Gasteiger partial charge in [-0.25, -0.2) is 9.97 Å². The summed E-state index contributed by atoms with van der Waals surface area (Å²) in [5, 5.41) is 11.9. The fraction of sp³-hybridized carbons (Fsp3) is 0.267. The highest BCUT2D eigenvalue weighted by molar-refractivity contribution is 5.64. The van der Waals surface area contributed by atoms with Gasteiger partial charge in [0.25, 0.3) is 0 Å². The van der Waals surface area contributed by atoms with Crippen molar-refractivity contribution in [1.29, 1.82) is 5.26 Å². The van der Waals surface area contributed by atoms with Gasteiger partial charge in [-0.05, 0) is 17.7 Å². The Kier molecular flexibility index (Phi) is 4.57. The first-order valence-electron chi connectivity index (χ1n) is 6.46. The van der Waals surface area contributed by atoms with Crippen molar-refractivity contribution < 1.29 is 4.74 Å². The Morgan fingerprint density at radius 3 is 2.86 bits per heavy atom. The standard InChI is InChI=1S/C15H17N5O/c1-17-14-13(21-3)15(19-10-18-14)20(2)9-12-6-4-5-11(7-12)8-16/h4-7,10H,9H2,1-3H3,(H,17,18,19). The number of aromatic nitrogens is 2. The molecule has 21 heavy (non-hydrogen) atoms. The van der Waals surface area contributed by atoms with Crippen molar-refractivity contribution >= 4 is 11.6 Å². The number of nitrogens with zero attached hydrogens (tertiary/aromatic N) is 4. The Bertz CT molecular complexity index is 665. The summed E-state index contributed by atoms with van der Waals surface area (Å²) in [4.78, 5) is 10.4. The molecule has 2 rings (SSSR count). The highest BCUT2D eigenvalue weighted by Crippen LogP contribution is 2.31. The van der Waals surface area contributed by atoms with Crippen LogP contribution >= 0.6 is 0 Å². The third kappa shape index (κ3) is 3.20. The normalized spacial score (nSPS) is 9.81. The maximum absolute atomic E-state index is 8.95. The molecule has 6 nitrogen and oxygen atoms in total. The zero-order valence-electron chi connectivity index (χ0n) is 12.3. The Morgan fingerprint density at radius 1 is 1.38 bits per heavy atom. The van der Waals surface area contributed by atoms with Gasteiger partial charge < -0.3 is 15.0 Å². The summed E-state index contributed by atoms with van der Waals surface area (Å²) in [6.07, 6.45) is 1.49. The molecule has 1 aromatic heterocycles. The average Bonchev–Trinajstić information content (AvgIpc) is 2.53. The molecule has 0 fully saturated rings. The maximum atomic E-state index is 8.95. The summed E-state index contributed by atoms with van der Waals surface area (Å²) in [6, 6.07) is 9.64. The molecule has 108 valence electrons. The summed E-state index contributed by atoms with van der Waals surface area (Å²) in [7, 11) is 5.29. The number of hydrogen-bond donors (Lipinski definition) is 1. The molecule has 0 radical (unpaired) electrons. The number of methoxy groups -OCH3 is 1. The monoisotopic (exact) mass is 283 g/mol. The second kappa shape index (κ2) is 6.57. The number of nitriles is 1. The van der Waals surface area contributed by atoms with Crippen molar-refractivity contribution in [1.82, 2.24) is 9.97 Å². The van der Waals surface area contributed by atoms with Gasteiger partial charge in [-0.1, -0.05) is 12.1 Å². The minimum Gasteiger partial charge on any atom is -0.490 e. The van der Waals surface area contributed by atoms with Crippen molar-refractivity contribution in [2.45, 2.75) is 6.54 Å². The zero-order valence-corrected chi connectivity index (χ0v) is 12.3. The summed E-state index contributed by atoms with van der Waals surface area (Å²) in [6.45, 7) is 0.617. The molecule has 0 aliphatic carbocycles. The lowest BCUT2D eigenvalue weighted by Gasteiger charge is -2.21. The average molecular weight is 283 g/mol. The molecule has 1 N–H and O–H groups in total. The van der Waals surface area contributed by atoms with Crippen LogP contribution in [0, 0.1) is 11.3 Å². The highest BCUT2D eigenvalue weighted by Gasteiger charge is 2.15. The molecular formula is C15H17N5O. The van der Waals surface area contributed by atoms with Crippen LogP contribution in [-0.4, -0.2) is 31.2 Å². The lowest BCUT2D eigenvalue weighted by atomic mass is 10.1. The van der Waals surface area contributed by atoms with Gasteiger partial charge in [-0.2, -0.15) is 5.26 Å². The predicted molar refractivity (Wildman–Crippen MR) is 81.4 cm³/mol. The largest absolute Gasteiger partial charge is 0.490 e. The minimum atomic E-state index is 0.596. The van der Waals surface area contributed by atoms with E-state index in [4.69, 9.17) is 10.00 Å². The van der Waals surface area contributed by atoms with Gasteiger partial charge in [-0.3, -0.25) is 0 Å². The van der Waals surface area contributed by atoms with Crippen LogP contribution in [-0.2, 0) is 6.54 Å². The first-order chi connectivity index (χ1) is 10.2. The Balaban J connectivity index is 2.28. The molecule has 0 saturated heterocycles. The van der Waals surface area contributed by atoms with E-state index in [0.29, 0.717) is 29.5 Å². The predicted octanol–water partition coefficient (Wildman–Crippen LogP) is 2.03. The van der Waals surface area contributed by atoms with Gasteiger partial charge in [0.2, 0.25) is 5.75 Å². The molecule has 0 amide bonds. The quantitative estimate of drug-likeness (QED) is 0.905. The van der Waals surface area contributed by atoms with E-state index < -0.39 is 0 Å². The van der Waals surface area contributed by atoms with Crippen LogP contribution < -0.4 is 15.0 Å². The van der Waals surface area contributed by atoms with Crippen LogP contribution in [0.4, 0.5) is 11.6 Å². The molecule has 0 aliphatic heterocycles. The summed E-state index contributed by atoms with van der Waals surface area (Å²) < 4.78 is 5.39. The SMILES string of the molecule is CNc1ncnc(N(C)Cc2cccc(C#N)c2)c1OC. The molecule has 6 heteroatoms. The molecular weight excluding hydrogens is 266 g/mol. The number of ether oxygens (including phenoxy) is 1.